The summed E-state index contributed by atoms with van der Waals surface area (Å²) in [5.74, 6) is -0.912. The fraction of sp³-hybridized carbons (Fsp3) is 0.348. The Labute approximate surface area is 182 Å². The van der Waals surface area contributed by atoms with E-state index in [0.717, 1.165) is 11.1 Å². The van der Waals surface area contributed by atoms with Gasteiger partial charge in [0.25, 0.3) is 5.91 Å². The number of halogens is 1. The Balaban J connectivity index is 1.72. The third-order valence-electron chi connectivity index (χ3n) is 4.64. The Morgan fingerprint density at radius 2 is 1.60 bits per heavy atom. The van der Waals surface area contributed by atoms with Gasteiger partial charge in [-0.25, -0.2) is 0 Å². The Morgan fingerprint density at radius 3 is 2.23 bits per heavy atom. The lowest BCUT2D eigenvalue weighted by Gasteiger charge is -2.19. The van der Waals surface area contributed by atoms with Crippen LogP contribution >= 0.6 is 11.6 Å². The van der Waals surface area contributed by atoms with Crippen molar-refractivity contribution >= 4 is 35.0 Å². The summed E-state index contributed by atoms with van der Waals surface area (Å²) in [7, 11) is 0. The van der Waals surface area contributed by atoms with Gasteiger partial charge >= 0.3 is 0 Å². The van der Waals surface area contributed by atoms with Crippen molar-refractivity contribution in [3.63, 3.8) is 0 Å². The summed E-state index contributed by atoms with van der Waals surface area (Å²) in [6, 6.07) is 12.6. The van der Waals surface area contributed by atoms with E-state index in [4.69, 9.17) is 11.6 Å². The summed E-state index contributed by atoms with van der Waals surface area (Å²) in [4.78, 5) is 36.1. The number of nitrogens with one attached hydrogen (secondary N) is 3. The van der Waals surface area contributed by atoms with Crippen LogP contribution in [-0.4, -0.2) is 30.8 Å². The number of benzene rings is 2. The van der Waals surface area contributed by atoms with Crippen LogP contribution in [0, 0.1) is 6.92 Å². The molecule has 2 aromatic rings. The molecular weight excluding hydrogens is 402 g/mol. The van der Waals surface area contributed by atoms with Gasteiger partial charge in [0, 0.05) is 29.2 Å². The quantitative estimate of drug-likeness (QED) is 0.625. The van der Waals surface area contributed by atoms with E-state index in [0.29, 0.717) is 16.3 Å². The van der Waals surface area contributed by atoms with Crippen molar-refractivity contribution < 1.29 is 14.4 Å². The molecule has 160 valence electrons. The molecule has 0 radical (unpaired) electrons. The SMILES string of the molecule is Cc1c(Cl)cccc1NC(=O)CNC(=O)CCNC(=O)c1ccc(C(C)(C)C)cc1. The highest BCUT2D eigenvalue weighted by Crippen LogP contribution is 2.23. The molecule has 0 aromatic heterocycles. The highest BCUT2D eigenvalue weighted by Gasteiger charge is 2.14. The summed E-state index contributed by atoms with van der Waals surface area (Å²) in [5.41, 5.74) is 3.07. The van der Waals surface area contributed by atoms with E-state index in [2.05, 4.69) is 36.7 Å². The van der Waals surface area contributed by atoms with Gasteiger partial charge in [0.05, 0.1) is 6.54 Å². The predicted octanol–water partition coefficient (Wildman–Crippen LogP) is 3.82. The molecule has 0 aliphatic carbocycles. The topological polar surface area (TPSA) is 87.3 Å². The van der Waals surface area contributed by atoms with Gasteiger partial charge in [-0.1, -0.05) is 50.6 Å². The van der Waals surface area contributed by atoms with Crippen LogP contribution in [0.5, 0.6) is 0 Å². The van der Waals surface area contributed by atoms with Crippen LogP contribution in [0.3, 0.4) is 0 Å². The van der Waals surface area contributed by atoms with Gasteiger partial charge in [-0.05, 0) is 47.7 Å². The number of hydrogen-bond donors (Lipinski definition) is 3. The maximum atomic E-state index is 12.2. The molecule has 7 heteroatoms. The molecule has 0 atom stereocenters. The predicted molar refractivity (Wildman–Crippen MR) is 120 cm³/mol. The van der Waals surface area contributed by atoms with Crippen molar-refractivity contribution in [1.82, 2.24) is 10.6 Å². The molecule has 0 aliphatic rings. The molecule has 0 unspecified atom stereocenters. The lowest BCUT2D eigenvalue weighted by atomic mass is 9.87. The molecule has 0 heterocycles. The van der Waals surface area contributed by atoms with Crippen molar-refractivity contribution in [2.45, 2.75) is 39.5 Å². The van der Waals surface area contributed by atoms with Crippen LogP contribution in [0.2, 0.25) is 5.02 Å². The summed E-state index contributed by atoms with van der Waals surface area (Å²) >= 11 is 6.02. The summed E-state index contributed by atoms with van der Waals surface area (Å²) < 4.78 is 0. The summed E-state index contributed by atoms with van der Waals surface area (Å²) in [6.45, 7) is 8.15. The lowest BCUT2D eigenvalue weighted by molar-refractivity contribution is -0.124. The zero-order chi connectivity index (χ0) is 22.3. The van der Waals surface area contributed by atoms with Crippen molar-refractivity contribution in [3.8, 4) is 0 Å². The Kier molecular flexibility index (Phi) is 8.00. The number of carbonyl (C=O) groups is 3. The fourth-order valence-electron chi connectivity index (χ4n) is 2.72. The smallest absolute Gasteiger partial charge is 0.251 e. The highest BCUT2D eigenvalue weighted by atomic mass is 35.5. The third-order valence-corrected chi connectivity index (χ3v) is 5.05. The van der Waals surface area contributed by atoms with Gasteiger partial charge in [0.1, 0.15) is 0 Å². The second-order valence-corrected chi connectivity index (χ2v) is 8.48. The average molecular weight is 430 g/mol. The van der Waals surface area contributed by atoms with E-state index in [9.17, 15) is 14.4 Å². The molecule has 30 heavy (non-hydrogen) atoms. The van der Waals surface area contributed by atoms with Crippen molar-refractivity contribution in [2.24, 2.45) is 0 Å². The van der Waals surface area contributed by atoms with Crippen LogP contribution in [0.25, 0.3) is 0 Å². The first kappa shape index (κ1) is 23.4. The number of hydrogen-bond acceptors (Lipinski definition) is 3. The molecule has 0 aliphatic heterocycles. The highest BCUT2D eigenvalue weighted by molar-refractivity contribution is 6.31. The first-order chi connectivity index (χ1) is 14.1. The molecule has 6 nitrogen and oxygen atoms in total. The first-order valence-corrected chi connectivity index (χ1v) is 10.2. The van der Waals surface area contributed by atoms with E-state index >= 15 is 0 Å². The van der Waals surface area contributed by atoms with Crippen molar-refractivity contribution in [2.75, 3.05) is 18.4 Å². The van der Waals surface area contributed by atoms with Crippen LogP contribution in [0.15, 0.2) is 42.5 Å². The third kappa shape index (κ3) is 6.88. The lowest BCUT2D eigenvalue weighted by Crippen LogP contribution is -2.35. The van der Waals surface area contributed by atoms with Gasteiger partial charge in [0.2, 0.25) is 11.8 Å². The van der Waals surface area contributed by atoms with E-state index in [1.807, 2.05) is 12.1 Å². The zero-order valence-corrected chi connectivity index (χ0v) is 18.5. The molecule has 2 rings (SSSR count). The average Bonchev–Trinajstić information content (AvgIpc) is 2.69. The van der Waals surface area contributed by atoms with Crippen molar-refractivity contribution in [1.29, 1.82) is 0 Å². The molecule has 3 amide bonds. The molecular formula is C23H28ClN3O3. The Bertz CT molecular complexity index is 918. The zero-order valence-electron chi connectivity index (χ0n) is 17.8. The summed E-state index contributed by atoms with van der Waals surface area (Å²) in [5, 5.41) is 8.52. The van der Waals surface area contributed by atoms with Gasteiger partial charge in [-0.3, -0.25) is 14.4 Å². The number of amides is 3. The molecule has 0 saturated carbocycles. The number of rotatable bonds is 7. The van der Waals surface area contributed by atoms with E-state index in [1.165, 1.54) is 0 Å². The van der Waals surface area contributed by atoms with Crippen LogP contribution in [-0.2, 0) is 15.0 Å². The molecule has 0 spiro atoms. The van der Waals surface area contributed by atoms with Gasteiger partial charge < -0.3 is 16.0 Å². The second kappa shape index (κ2) is 10.3. The minimum Gasteiger partial charge on any atom is -0.352 e. The number of carbonyl (C=O) groups excluding carboxylic acids is 3. The molecule has 0 saturated heterocycles. The van der Waals surface area contributed by atoms with E-state index < -0.39 is 0 Å². The van der Waals surface area contributed by atoms with Crippen molar-refractivity contribution in [3.05, 3.63) is 64.2 Å². The molecule has 3 N–H and O–H groups in total. The van der Waals surface area contributed by atoms with Crippen LogP contribution in [0.4, 0.5) is 5.69 Å². The van der Waals surface area contributed by atoms with Gasteiger partial charge in [-0.2, -0.15) is 0 Å². The van der Waals surface area contributed by atoms with E-state index in [1.54, 1.807) is 37.3 Å². The van der Waals surface area contributed by atoms with Gasteiger partial charge in [-0.15, -0.1) is 0 Å². The first-order valence-electron chi connectivity index (χ1n) is 9.78. The normalized spacial score (nSPS) is 11.0. The molecule has 0 bridgehead atoms. The standard InChI is InChI=1S/C23H28ClN3O3/c1-15-18(24)6-5-7-19(15)27-21(29)14-26-20(28)12-13-25-22(30)16-8-10-17(11-9-16)23(2,3)4/h5-11H,12-14H2,1-4H3,(H,25,30)(H,26,28)(H,27,29). The Morgan fingerprint density at radius 1 is 0.933 bits per heavy atom. The largest absolute Gasteiger partial charge is 0.352 e. The second-order valence-electron chi connectivity index (χ2n) is 8.07. The molecule has 2 aromatic carbocycles. The maximum Gasteiger partial charge on any atom is 0.251 e. The minimum atomic E-state index is -0.350. The molecule has 0 fully saturated rings. The maximum absolute atomic E-state index is 12.2. The fourth-order valence-corrected chi connectivity index (χ4v) is 2.89. The minimum absolute atomic E-state index is 0.0187. The van der Waals surface area contributed by atoms with Crippen LogP contribution in [0.1, 0.15) is 48.7 Å². The number of anilines is 1. The van der Waals surface area contributed by atoms with E-state index in [-0.39, 0.29) is 42.6 Å². The van der Waals surface area contributed by atoms with Gasteiger partial charge in [0.15, 0.2) is 0 Å². The van der Waals surface area contributed by atoms with Crippen LogP contribution < -0.4 is 16.0 Å². The Hall–Kier alpha value is -2.86. The monoisotopic (exact) mass is 429 g/mol. The summed E-state index contributed by atoms with van der Waals surface area (Å²) in [6.07, 6.45) is 0.0787.